The van der Waals surface area contributed by atoms with Crippen molar-refractivity contribution in [1.82, 2.24) is 9.97 Å². The average Bonchev–Trinajstić information content (AvgIpc) is 2.47. The third kappa shape index (κ3) is 3.25. The summed E-state index contributed by atoms with van der Waals surface area (Å²) in [6.45, 7) is 2.90. The first-order chi connectivity index (χ1) is 9.65. The summed E-state index contributed by atoms with van der Waals surface area (Å²) in [6.07, 6.45) is 2.67. The monoisotopic (exact) mass is 339 g/mol. The van der Waals surface area contributed by atoms with E-state index < -0.39 is 5.82 Å². The number of nitrogens with zero attached hydrogens (tertiary/aromatic N) is 2. The van der Waals surface area contributed by atoms with Gasteiger partial charge in [-0.25, -0.2) is 14.4 Å². The zero-order chi connectivity index (χ0) is 14.5. The van der Waals surface area contributed by atoms with Crippen LogP contribution in [0.4, 0.5) is 10.2 Å². The second-order valence-electron chi connectivity index (χ2n) is 4.17. The van der Waals surface area contributed by atoms with Crippen LogP contribution >= 0.6 is 15.9 Å². The molecule has 0 aliphatic heterocycles. The van der Waals surface area contributed by atoms with Crippen LogP contribution in [0.15, 0.2) is 28.9 Å². The van der Waals surface area contributed by atoms with Crippen molar-refractivity contribution in [3.63, 3.8) is 0 Å². The fourth-order valence-corrected chi connectivity index (χ4v) is 2.00. The maximum absolute atomic E-state index is 13.4. The van der Waals surface area contributed by atoms with Gasteiger partial charge in [0.25, 0.3) is 0 Å². The van der Waals surface area contributed by atoms with Gasteiger partial charge in [0, 0.05) is 18.3 Å². The topological polar surface area (TPSA) is 47.0 Å². The highest BCUT2D eigenvalue weighted by molar-refractivity contribution is 9.10. The van der Waals surface area contributed by atoms with E-state index >= 15 is 0 Å². The molecular formula is C14H15BrFN3O. The molecule has 0 unspecified atom stereocenters. The van der Waals surface area contributed by atoms with Gasteiger partial charge < -0.3 is 10.1 Å². The number of ether oxygens (including phenoxy) is 1. The lowest BCUT2D eigenvalue weighted by molar-refractivity contribution is 0.387. The molecular weight excluding hydrogens is 325 g/mol. The van der Waals surface area contributed by atoms with E-state index in [1.807, 2.05) is 0 Å². The molecule has 106 valence electrons. The highest BCUT2D eigenvalue weighted by Crippen LogP contribution is 2.27. The van der Waals surface area contributed by atoms with Gasteiger partial charge in [-0.15, -0.1) is 0 Å². The standard InChI is InChI=1S/C14H15BrFN3O/c1-3-6-17-14-10(15)8-18-13(19-14)9-4-5-11(16)12(7-9)20-2/h4-5,7-8H,3,6H2,1-2H3,(H,17,18,19). The average molecular weight is 340 g/mol. The normalized spacial score (nSPS) is 10.4. The smallest absolute Gasteiger partial charge is 0.165 e. The first-order valence-corrected chi connectivity index (χ1v) is 7.05. The minimum atomic E-state index is -0.405. The fraction of sp³-hybridized carbons (Fsp3) is 0.286. The Balaban J connectivity index is 2.37. The first kappa shape index (κ1) is 14.7. The van der Waals surface area contributed by atoms with E-state index in [1.54, 1.807) is 18.3 Å². The quantitative estimate of drug-likeness (QED) is 0.897. The van der Waals surface area contributed by atoms with Gasteiger partial charge in [0.1, 0.15) is 5.82 Å². The van der Waals surface area contributed by atoms with E-state index in [2.05, 4.69) is 38.1 Å². The van der Waals surface area contributed by atoms with Crippen LogP contribution in [0.5, 0.6) is 5.75 Å². The maximum atomic E-state index is 13.4. The minimum absolute atomic E-state index is 0.178. The molecule has 1 aromatic heterocycles. The summed E-state index contributed by atoms with van der Waals surface area (Å²) in [5.74, 6) is 1.01. The van der Waals surface area contributed by atoms with E-state index in [0.29, 0.717) is 11.4 Å². The lowest BCUT2D eigenvalue weighted by Crippen LogP contribution is -2.04. The molecule has 1 heterocycles. The maximum Gasteiger partial charge on any atom is 0.165 e. The summed E-state index contributed by atoms with van der Waals surface area (Å²) in [4.78, 5) is 8.68. The number of hydrogen-bond acceptors (Lipinski definition) is 4. The van der Waals surface area contributed by atoms with Crippen LogP contribution in [0.1, 0.15) is 13.3 Å². The largest absolute Gasteiger partial charge is 0.494 e. The molecule has 2 aromatic rings. The van der Waals surface area contributed by atoms with Gasteiger partial charge in [-0.3, -0.25) is 0 Å². The third-order valence-corrected chi connectivity index (χ3v) is 3.28. The summed E-state index contributed by atoms with van der Waals surface area (Å²) in [5.41, 5.74) is 0.704. The Hall–Kier alpha value is -1.69. The van der Waals surface area contributed by atoms with E-state index in [4.69, 9.17) is 4.74 Å². The molecule has 0 atom stereocenters. The summed E-state index contributed by atoms with van der Waals surface area (Å²) in [7, 11) is 1.43. The molecule has 4 nitrogen and oxygen atoms in total. The highest BCUT2D eigenvalue weighted by atomic mass is 79.9. The minimum Gasteiger partial charge on any atom is -0.494 e. The van der Waals surface area contributed by atoms with Crippen molar-refractivity contribution in [3.05, 3.63) is 34.7 Å². The van der Waals surface area contributed by atoms with Gasteiger partial charge in [0.2, 0.25) is 0 Å². The fourth-order valence-electron chi connectivity index (χ4n) is 1.67. The first-order valence-electron chi connectivity index (χ1n) is 6.26. The van der Waals surface area contributed by atoms with Crippen LogP contribution in [0.3, 0.4) is 0 Å². The van der Waals surface area contributed by atoms with Crippen molar-refractivity contribution in [1.29, 1.82) is 0 Å². The van der Waals surface area contributed by atoms with Crippen molar-refractivity contribution in [2.45, 2.75) is 13.3 Å². The Morgan fingerprint density at radius 3 is 2.90 bits per heavy atom. The predicted octanol–water partition coefficient (Wildman–Crippen LogP) is 3.88. The molecule has 0 amide bonds. The van der Waals surface area contributed by atoms with E-state index in [0.717, 1.165) is 23.3 Å². The van der Waals surface area contributed by atoms with Crippen LogP contribution in [0.2, 0.25) is 0 Å². The zero-order valence-corrected chi connectivity index (χ0v) is 12.9. The second kappa shape index (κ2) is 6.65. The highest BCUT2D eigenvalue weighted by Gasteiger charge is 2.10. The number of aromatic nitrogens is 2. The van der Waals surface area contributed by atoms with Gasteiger partial charge in [-0.2, -0.15) is 0 Å². The Morgan fingerprint density at radius 1 is 1.40 bits per heavy atom. The van der Waals surface area contributed by atoms with Crippen molar-refractivity contribution in [2.24, 2.45) is 0 Å². The number of nitrogens with one attached hydrogen (secondary N) is 1. The summed E-state index contributed by atoms with van der Waals surface area (Å²) in [5, 5.41) is 3.21. The molecule has 1 N–H and O–H groups in total. The number of benzene rings is 1. The lowest BCUT2D eigenvalue weighted by Gasteiger charge is -2.09. The summed E-state index contributed by atoms with van der Waals surface area (Å²) >= 11 is 3.40. The number of methoxy groups -OCH3 is 1. The molecule has 0 fully saturated rings. The van der Waals surface area contributed by atoms with Gasteiger partial charge in [0.15, 0.2) is 17.4 Å². The molecule has 1 aromatic carbocycles. The molecule has 2 rings (SSSR count). The second-order valence-corrected chi connectivity index (χ2v) is 5.02. The zero-order valence-electron chi connectivity index (χ0n) is 11.3. The molecule has 0 saturated heterocycles. The van der Waals surface area contributed by atoms with Gasteiger partial charge >= 0.3 is 0 Å². The van der Waals surface area contributed by atoms with Gasteiger partial charge in [-0.05, 0) is 40.5 Å². The number of halogens is 2. The van der Waals surface area contributed by atoms with Crippen LogP contribution in [-0.2, 0) is 0 Å². The number of rotatable bonds is 5. The molecule has 0 aliphatic carbocycles. The molecule has 6 heteroatoms. The molecule has 0 saturated carbocycles. The third-order valence-electron chi connectivity index (χ3n) is 2.70. The molecule has 0 aliphatic rings. The Bertz CT molecular complexity index is 607. The number of hydrogen-bond donors (Lipinski definition) is 1. The van der Waals surface area contributed by atoms with Crippen LogP contribution < -0.4 is 10.1 Å². The Morgan fingerprint density at radius 2 is 2.20 bits per heavy atom. The Labute approximate surface area is 125 Å². The van der Waals surface area contributed by atoms with E-state index in [9.17, 15) is 4.39 Å². The van der Waals surface area contributed by atoms with Crippen LogP contribution in [0, 0.1) is 5.82 Å². The van der Waals surface area contributed by atoms with Gasteiger partial charge in [0.05, 0.1) is 11.6 Å². The summed E-state index contributed by atoms with van der Waals surface area (Å²) < 4.78 is 19.2. The molecule has 0 bridgehead atoms. The SMILES string of the molecule is CCCNc1nc(-c2ccc(F)c(OC)c2)ncc1Br. The van der Waals surface area contributed by atoms with Crippen LogP contribution in [-0.4, -0.2) is 23.6 Å². The van der Waals surface area contributed by atoms with E-state index in [-0.39, 0.29) is 5.75 Å². The molecule has 0 spiro atoms. The van der Waals surface area contributed by atoms with Crippen LogP contribution in [0.25, 0.3) is 11.4 Å². The van der Waals surface area contributed by atoms with Crippen molar-refractivity contribution < 1.29 is 9.13 Å². The predicted molar refractivity (Wildman–Crippen MR) is 80.5 cm³/mol. The Kier molecular flexibility index (Phi) is 4.89. The number of anilines is 1. The lowest BCUT2D eigenvalue weighted by atomic mass is 10.2. The van der Waals surface area contributed by atoms with Gasteiger partial charge in [-0.1, -0.05) is 6.92 Å². The van der Waals surface area contributed by atoms with Crippen molar-refractivity contribution in [3.8, 4) is 17.1 Å². The van der Waals surface area contributed by atoms with E-state index in [1.165, 1.54) is 13.2 Å². The molecule has 0 radical (unpaired) electrons. The van der Waals surface area contributed by atoms with Crippen molar-refractivity contribution >= 4 is 21.7 Å². The molecule has 20 heavy (non-hydrogen) atoms. The summed E-state index contributed by atoms with van der Waals surface area (Å²) in [6, 6.07) is 4.56. The van der Waals surface area contributed by atoms with Crippen molar-refractivity contribution in [2.75, 3.05) is 19.0 Å².